The highest BCUT2D eigenvalue weighted by atomic mass is 35.5. The van der Waals surface area contributed by atoms with Crippen molar-refractivity contribution in [3.63, 3.8) is 0 Å². The Hall–Kier alpha value is -0.810. The monoisotopic (exact) mass is 330 g/mol. The van der Waals surface area contributed by atoms with E-state index in [2.05, 4.69) is 30.7 Å². The summed E-state index contributed by atoms with van der Waals surface area (Å²) in [5.41, 5.74) is 0.341. The Morgan fingerprint density at radius 3 is 2.71 bits per heavy atom. The van der Waals surface area contributed by atoms with Gasteiger partial charge in [-0.05, 0) is 30.6 Å². The van der Waals surface area contributed by atoms with Crippen molar-refractivity contribution in [3.05, 3.63) is 10.0 Å². The van der Waals surface area contributed by atoms with Crippen LogP contribution in [0.15, 0.2) is 0 Å². The summed E-state index contributed by atoms with van der Waals surface area (Å²) in [4.78, 5) is 18.6. The number of thiazole rings is 1. The van der Waals surface area contributed by atoms with Crippen LogP contribution in [-0.2, 0) is 4.74 Å². The molecule has 1 aliphatic heterocycles. The maximum atomic E-state index is 11.6. The number of rotatable bonds is 2. The highest BCUT2D eigenvalue weighted by molar-refractivity contribution is 7.18. The standard InChI is InChI=1S/C15H23ClN2O2S/c1-15(2,3)10-6-5-8-18(9-7-10)14-17-12(16)11(21-14)13(19)20-4/h10H,5-9H2,1-4H3. The van der Waals surface area contributed by atoms with Crippen LogP contribution in [0.2, 0.25) is 5.15 Å². The van der Waals surface area contributed by atoms with Gasteiger partial charge in [-0.25, -0.2) is 9.78 Å². The summed E-state index contributed by atoms with van der Waals surface area (Å²) in [7, 11) is 1.36. The van der Waals surface area contributed by atoms with Crippen LogP contribution in [-0.4, -0.2) is 31.2 Å². The molecule has 21 heavy (non-hydrogen) atoms. The smallest absolute Gasteiger partial charge is 0.351 e. The van der Waals surface area contributed by atoms with Crippen LogP contribution in [0, 0.1) is 11.3 Å². The number of esters is 1. The number of hydrogen-bond donors (Lipinski definition) is 0. The molecule has 1 atom stereocenters. The Bertz CT molecular complexity index is 510. The van der Waals surface area contributed by atoms with Gasteiger partial charge in [0.1, 0.15) is 0 Å². The molecule has 1 aromatic rings. The van der Waals surface area contributed by atoms with Gasteiger partial charge in [-0.2, -0.15) is 0 Å². The van der Waals surface area contributed by atoms with Gasteiger partial charge in [0, 0.05) is 13.1 Å². The molecule has 0 bridgehead atoms. The first kappa shape index (κ1) is 16.6. The highest BCUT2D eigenvalue weighted by Crippen LogP contribution is 2.37. The van der Waals surface area contributed by atoms with E-state index in [9.17, 15) is 4.79 Å². The molecule has 1 aromatic heterocycles. The van der Waals surface area contributed by atoms with E-state index in [4.69, 9.17) is 16.3 Å². The van der Waals surface area contributed by atoms with Crippen molar-refractivity contribution in [1.29, 1.82) is 0 Å². The fourth-order valence-corrected chi connectivity index (χ4v) is 4.05. The molecule has 1 saturated heterocycles. The van der Waals surface area contributed by atoms with Crippen molar-refractivity contribution in [2.24, 2.45) is 11.3 Å². The number of anilines is 1. The molecular formula is C15H23ClN2O2S. The zero-order valence-electron chi connectivity index (χ0n) is 13.1. The van der Waals surface area contributed by atoms with Crippen molar-refractivity contribution in [2.45, 2.75) is 40.0 Å². The first-order chi connectivity index (χ1) is 9.82. The quantitative estimate of drug-likeness (QED) is 0.761. The van der Waals surface area contributed by atoms with Crippen LogP contribution in [0.4, 0.5) is 5.13 Å². The number of carbonyl (C=O) groups excluding carboxylic acids is 1. The molecule has 0 amide bonds. The third-order valence-corrected chi connectivity index (χ3v) is 5.65. The Kier molecular flexibility index (Phi) is 5.15. The van der Waals surface area contributed by atoms with Crippen LogP contribution in [0.3, 0.4) is 0 Å². The van der Waals surface area contributed by atoms with E-state index in [1.54, 1.807) is 0 Å². The number of carbonyl (C=O) groups is 1. The molecular weight excluding hydrogens is 308 g/mol. The van der Waals surface area contributed by atoms with Gasteiger partial charge in [0.15, 0.2) is 15.2 Å². The van der Waals surface area contributed by atoms with Crippen molar-refractivity contribution >= 4 is 34.0 Å². The molecule has 0 N–H and O–H groups in total. The second kappa shape index (κ2) is 6.53. The number of nitrogens with zero attached hydrogens (tertiary/aromatic N) is 2. The van der Waals surface area contributed by atoms with Gasteiger partial charge in [0.2, 0.25) is 0 Å². The fourth-order valence-electron chi connectivity index (χ4n) is 2.80. The van der Waals surface area contributed by atoms with Crippen LogP contribution in [0.5, 0.6) is 0 Å². The Balaban J connectivity index is 2.11. The summed E-state index contributed by atoms with van der Waals surface area (Å²) in [6.07, 6.45) is 3.53. The minimum absolute atomic E-state index is 0.249. The van der Waals surface area contributed by atoms with E-state index in [1.165, 1.54) is 24.9 Å². The Labute approximate surface area is 135 Å². The lowest BCUT2D eigenvalue weighted by Crippen LogP contribution is -2.25. The van der Waals surface area contributed by atoms with E-state index < -0.39 is 5.97 Å². The fraction of sp³-hybridized carbons (Fsp3) is 0.733. The second-order valence-electron chi connectivity index (χ2n) is 6.59. The van der Waals surface area contributed by atoms with Crippen molar-refractivity contribution in [2.75, 3.05) is 25.1 Å². The average Bonchev–Trinajstić information content (AvgIpc) is 2.65. The SMILES string of the molecule is COC(=O)c1sc(N2CCCC(C(C)(C)C)CC2)nc1Cl. The zero-order chi connectivity index (χ0) is 15.6. The van der Waals surface area contributed by atoms with Crippen LogP contribution in [0.1, 0.15) is 49.7 Å². The Morgan fingerprint density at radius 1 is 1.38 bits per heavy atom. The van der Waals surface area contributed by atoms with Crippen LogP contribution in [0.25, 0.3) is 0 Å². The summed E-state index contributed by atoms with van der Waals surface area (Å²) in [5.74, 6) is 0.309. The maximum absolute atomic E-state index is 11.6. The van der Waals surface area contributed by atoms with Gasteiger partial charge in [-0.1, -0.05) is 43.7 Å². The first-order valence-corrected chi connectivity index (χ1v) is 8.52. The number of aromatic nitrogens is 1. The molecule has 1 fully saturated rings. The summed E-state index contributed by atoms with van der Waals surface area (Å²) in [5, 5.41) is 1.08. The lowest BCUT2D eigenvalue weighted by molar-refractivity contribution is 0.0606. The maximum Gasteiger partial charge on any atom is 0.351 e. The largest absolute Gasteiger partial charge is 0.465 e. The summed E-state index contributed by atoms with van der Waals surface area (Å²) >= 11 is 7.38. The average molecular weight is 331 g/mol. The van der Waals surface area contributed by atoms with Crippen LogP contribution >= 0.6 is 22.9 Å². The van der Waals surface area contributed by atoms with Crippen LogP contribution < -0.4 is 4.90 Å². The molecule has 4 nitrogen and oxygen atoms in total. The molecule has 2 rings (SSSR count). The van der Waals surface area contributed by atoms with E-state index in [0.717, 1.165) is 37.0 Å². The second-order valence-corrected chi connectivity index (χ2v) is 7.92. The molecule has 118 valence electrons. The third-order valence-electron chi connectivity index (χ3n) is 4.17. The molecule has 6 heteroatoms. The predicted molar refractivity (Wildman–Crippen MR) is 87.5 cm³/mol. The lowest BCUT2D eigenvalue weighted by atomic mass is 9.77. The van der Waals surface area contributed by atoms with Gasteiger partial charge in [0.25, 0.3) is 0 Å². The summed E-state index contributed by atoms with van der Waals surface area (Å²) in [6, 6.07) is 0. The van der Waals surface area contributed by atoms with E-state index in [0.29, 0.717) is 10.3 Å². The topological polar surface area (TPSA) is 42.4 Å². The zero-order valence-corrected chi connectivity index (χ0v) is 14.7. The first-order valence-electron chi connectivity index (χ1n) is 7.32. The highest BCUT2D eigenvalue weighted by Gasteiger charge is 2.28. The number of methoxy groups -OCH3 is 1. The number of ether oxygens (including phenoxy) is 1. The van der Waals surface area contributed by atoms with Crippen molar-refractivity contribution < 1.29 is 9.53 Å². The van der Waals surface area contributed by atoms with Gasteiger partial charge in [-0.3, -0.25) is 0 Å². The molecule has 2 heterocycles. The predicted octanol–water partition coefficient (Wildman–Crippen LogP) is 4.24. The van der Waals surface area contributed by atoms with Crippen molar-refractivity contribution in [1.82, 2.24) is 4.98 Å². The van der Waals surface area contributed by atoms with Gasteiger partial charge >= 0.3 is 5.97 Å². The molecule has 0 aromatic carbocycles. The number of hydrogen-bond acceptors (Lipinski definition) is 5. The summed E-state index contributed by atoms with van der Waals surface area (Å²) < 4.78 is 4.73. The van der Waals surface area contributed by atoms with E-state index >= 15 is 0 Å². The minimum atomic E-state index is -0.411. The lowest BCUT2D eigenvalue weighted by Gasteiger charge is -2.29. The molecule has 0 saturated carbocycles. The van der Waals surface area contributed by atoms with Gasteiger partial charge in [-0.15, -0.1) is 0 Å². The molecule has 0 spiro atoms. The number of halogens is 1. The van der Waals surface area contributed by atoms with E-state index in [1.807, 2.05) is 0 Å². The summed E-state index contributed by atoms with van der Waals surface area (Å²) in [6.45, 7) is 8.86. The molecule has 0 aliphatic carbocycles. The van der Waals surface area contributed by atoms with Gasteiger partial charge in [0.05, 0.1) is 7.11 Å². The third kappa shape index (κ3) is 3.89. The molecule has 1 unspecified atom stereocenters. The Morgan fingerprint density at radius 2 is 2.10 bits per heavy atom. The van der Waals surface area contributed by atoms with Crippen molar-refractivity contribution in [3.8, 4) is 0 Å². The molecule has 0 radical (unpaired) electrons. The molecule has 1 aliphatic rings. The normalized spacial score (nSPS) is 20.2. The minimum Gasteiger partial charge on any atom is -0.465 e. The van der Waals surface area contributed by atoms with Gasteiger partial charge < -0.3 is 9.64 Å². The van der Waals surface area contributed by atoms with E-state index in [-0.39, 0.29) is 5.15 Å².